The predicted molar refractivity (Wildman–Crippen MR) is 38.6 cm³/mol. The molecule has 0 aliphatic heterocycles. The molecule has 0 amide bonds. The van der Waals surface area contributed by atoms with Crippen LogP contribution in [-0.2, 0) is 0 Å². The van der Waals surface area contributed by atoms with Crippen LogP contribution in [0.2, 0.25) is 0 Å². The average molecular weight is 145 g/mol. The molecule has 3 heteroatoms. The van der Waals surface area contributed by atoms with Crippen LogP contribution in [0, 0.1) is 6.20 Å². The van der Waals surface area contributed by atoms with E-state index in [0.717, 1.165) is 5.56 Å². The summed E-state index contributed by atoms with van der Waals surface area (Å²) >= 11 is 0. The van der Waals surface area contributed by atoms with E-state index in [0.29, 0.717) is 5.89 Å². The molecule has 0 aliphatic rings. The van der Waals surface area contributed by atoms with Crippen molar-refractivity contribution < 1.29 is 4.42 Å². The molecule has 2 rings (SSSR count). The molecule has 0 bridgehead atoms. The number of oxazole rings is 1. The molecule has 3 nitrogen and oxygen atoms in total. The lowest BCUT2D eigenvalue weighted by molar-refractivity contribution is 0.574. The maximum atomic E-state index is 5.03. The van der Waals surface area contributed by atoms with E-state index in [1.165, 1.54) is 6.26 Å². The zero-order valence-corrected chi connectivity index (χ0v) is 5.69. The first-order valence-electron chi connectivity index (χ1n) is 3.19. The van der Waals surface area contributed by atoms with Crippen LogP contribution in [0.1, 0.15) is 0 Å². The lowest BCUT2D eigenvalue weighted by Gasteiger charge is -1.90. The van der Waals surface area contributed by atoms with E-state index >= 15 is 0 Å². The molecule has 0 spiro atoms. The summed E-state index contributed by atoms with van der Waals surface area (Å²) in [5.41, 5.74) is 0.918. The third kappa shape index (κ3) is 1.12. The van der Waals surface area contributed by atoms with Crippen LogP contribution in [0.15, 0.2) is 35.2 Å². The summed E-state index contributed by atoms with van der Waals surface area (Å²) in [5.74, 6) is 0.576. The molecule has 2 aromatic heterocycles. The Labute approximate surface area is 63.7 Å². The predicted octanol–water partition coefficient (Wildman–Crippen LogP) is 1.54. The van der Waals surface area contributed by atoms with Crippen molar-refractivity contribution in [2.24, 2.45) is 0 Å². The molecule has 0 aromatic carbocycles. The maximum Gasteiger partial charge on any atom is 0.226 e. The molecule has 11 heavy (non-hydrogen) atoms. The Balaban J connectivity index is 2.46. The van der Waals surface area contributed by atoms with Crippen LogP contribution in [0.4, 0.5) is 0 Å². The standard InChI is InChI=1S/C8H5N2O/c1-3-9-4-2-7(1)8-10-5-6-11-8/h1-4,6H. The number of pyridine rings is 1. The van der Waals surface area contributed by atoms with Crippen LogP contribution < -0.4 is 0 Å². The summed E-state index contributed by atoms with van der Waals surface area (Å²) in [7, 11) is 0. The maximum absolute atomic E-state index is 5.03. The Bertz CT molecular complexity index is 315. The number of rotatable bonds is 1. The quantitative estimate of drug-likeness (QED) is 0.610. The first-order valence-corrected chi connectivity index (χ1v) is 3.19. The molecule has 0 fully saturated rings. The van der Waals surface area contributed by atoms with Gasteiger partial charge in [0.05, 0.1) is 0 Å². The van der Waals surface area contributed by atoms with Crippen molar-refractivity contribution in [2.75, 3.05) is 0 Å². The second-order valence-corrected chi connectivity index (χ2v) is 2.02. The molecule has 2 heterocycles. The van der Waals surface area contributed by atoms with Gasteiger partial charge in [0.2, 0.25) is 5.89 Å². The van der Waals surface area contributed by atoms with Gasteiger partial charge in [-0.1, -0.05) is 0 Å². The monoisotopic (exact) mass is 145 g/mol. The number of hydrogen-bond donors (Lipinski definition) is 0. The van der Waals surface area contributed by atoms with Crippen molar-refractivity contribution in [3.8, 4) is 11.5 Å². The number of hydrogen-bond acceptors (Lipinski definition) is 3. The van der Waals surface area contributed by atoms with Crippen molar-refractivity contribution in [1.29, 1.82) is 0 Å². The number of nitrogens with zero attached hydrogens (tertiary/aromatic N) is 2. The van der Waals surface area contributed by atoms with Gasteiger partial charge in [-0.3, -0.25) is 4.98 Å². The zero-order chi connectivity index (χ0) is 7.52. The third-order valence-electron chi connectivity index (χ3n) is 1.32. The molecule has 0 unspecified atom stereocenters. The Morgan fingerprint density at radius 1 is 1.27 bits per heavy atom. The van der Waals surface area contributed by atoms with E-state index in [1.54, 1.807) is 12.4 Å². The van der Waals surface area contributed by atoms with Gasteiger partial charge in [-0.25, -0.2) is 4.98 Å². The Morgan fingerprint density at radius 2 is 2.09 bits per heavy atom. The lowest BCUT2D eigenvalue weighted by atomic mass is 10.3. The van der Waals surface area contributed by atoms with Crippen molar-refractivity contribution in [3.05, 3.63) is 37.0 Å². The highest BCUT2D eigenvalue weighted by Gasteiger charge is 1.98. The summed E-state index contributed by atoms with van der Waals surface area (Å²) in [4.78, 5) is 7.74. The smallest absolute Gasteiger partial charge is 0.226 e. The third-order valence-corrected chi connectivity index (χ3v) is 1.32. The van der Waals surface area contributed by atoms with E-state index in [4.69, 9.17) is 4.42 Å². The van der Waals surface area contributed by atoms with Gasteiger partial charge in [0.25, 0.3) is 0 Å². The summed E-state index contributed by atoms with van der Waals surface area (Å²) in [6, 6.07) is 3.67. The first-order chi connectivity index (χ1) is 5.47. The van der Waals surface area contributed by atoms with E-state index < -0.39 is 0 Å². The minimum atomic E-state index is 0.576. The van der Waals surface area contributed by atoms with E-state index in [1.807, 2.05) is 12.1 Å². The fourth-order valence-electron chi connectivity index (χ4n) is 0.821. The summed E-state index contributed by atoms with van der Waals surface area (Å²) in [5, 5.41) is 0. The van der Waals surface area contributed by atoms with Crippen molar-refractivity contribution >= 4 is 0 Å². The van der Waals surface area contributed by atoms with Crippen molar-refractivity contribution in [3.63, 3.8) is 0 Å². The summed E-state index contributed by atoms with van der Waals surface area (Å²) in [6.07, 6.45) is 7.41. The van der Waals surface area contributed by atoms with Crippen LogP contribution in [0.3, 0.4) is 0 Å². The Morgan fingerprint density at radius 3 is 2.73 bits per heavy atom. The highest BCUT2D eigenvalue weighted by atomic mass is 16.3. The largest absolute Gasteiger partial charge is 0.444 e. The minimum Gasteiger partial charge on any atom is -0.444 e. The second kappa shape index (κ2) is 2.54. The van der Waals surface area contributed by atoms with E-state index in [9.17, 15) is 0 Å². The summed E-state index contributed by atoms with van der Waals surface area (Å²) in [6.45, 7) is 0. The van der Waals surface area contributed by atoms with Gasteiger partial charge in [0.15, 0.2) is 0 Å². The molecular formula is C8H5N2O. The number of aromatic nitrogens is 2. The highest BCUT2D eigenvalue weighted by Crippen LogP contribution is 2.13. The summed E-state index contributed by atoms with van der Waals surface area (Å²) < 4.78 is 5.03. The van der Waals surface area contributed by atoms with Gasteiger partial charge in [-0.2, -0.15) is 0 Å². The Kier molecular flexibility index (Phi) is 1.41. The average Bonchev–Trinajstić information content (AvgIpc) is 2.58. The van der Waals surface area contributed by atoms with Crippen LogP contribution in [0.25, 0.3) is 11.5 Å². The molecular weight excluding hydrogens is 140 g/mol. The second-order valence-electron chi connectivity index (χ2n) is 2.02. The first kappa shape index (κ1) is 6.09. The molecule has 1 radical (unpaired) electrons. The van der Waals surface area contributed by atoms with Gasteiger partial charge in [-0.15, -0.1) is 0 Å². The topological polar surface area (TPSA) is 38.9 Å². The molecule has 2 aromatic rings. The normalized spacial score (nSPS) is 9.82. The molecule has 0 aliphatic carbocycles. The van der Waals surface area contributed by atoms with Gasteiger partial charge in [-0.05, 0) is 12.1 Å². The van der Waals surface area contributed by atoms with Gasteiger partial charge in [0, 0.05) is 18.0 Å². The van der Waals surface area contributed by atoms with Gasteiger partial charge < -0.3 is 4.42 Å². The molecule has 0 N–H and O–H groups in total. The zero-order valence-electron chi connectivity index (χ0n) is 5.69. The van der Waals surface area contributed by atoms with Crippen molar-refractivity contribution in [1.82, 2.24) is 9.97 Å². The van der Waals surface area contributed by atoms with Gasteiger partial charge in [0.1, 0.15) is 12.5 Å². The van der Waals surface area contributed by atoms with Crippen LogP contribution >= 0.6 is 0 Å². The Hall–Kier alpha value is -1.64. The fraction of sp³-hybridized carbons (Fsp3) is 0. The lowest BCUT2D eigenvalue weighted by Crippen LogP contribution is -1.76. The molecule has 0 saturated heterocycles. The molecule has 53 valence electrons. The van der Waals surface area contributed by atoms with E-state index in [-0.39, 0.29) is 0 Å². The molecule has 0 saturated carbocycles. The van der Waals surface area contributed by atoms with Crippen molar-refractivity contribution in [2.45, 2.75) is 0 Å². The van der Waals surface area contributed by atoms with Gasteiger partial charge >= 0.3 is 0 Å². The van der Waals surface area contributed by atoms with Crippen LogP contribution in [-0.4, -0.2) is 9.97 Å². The van der Waals surface area contributed by atoms with E-state index in [2.05, 4.69) is 16.2 Å². The molecule has 0 atom stereocenters. The minimum absolute atomic E-state index is 0.576. The highest BCUT2D eigenvalue weighted by molar-refractivity contribution is 5.50. The SMILES string of the molecule is [c]1coc(-c2ccncc2)n1. The fourth-order valence-corrected chi connectivity index (χ4v) is 0.821. The van der Waals surface area contributed by atoms with Crippen LogP contribution in [0.5, 0.6) is 0 Å².